The largest absolute Gasteiger partial charge is 0.373 e. The normalized spacial score (nSPS) is 17.4. The molecule has 0 atom stereocenters. The van der Waals surface area contributed by atoms with Crippen molar-refractivity contribution in [2.24, 2.45) is 4.99 Å². The second-order valence-electron chi connectivity index (χ2n) is 4.44. The lowest BCUT2D eigenvalue weighted by Gasteiger charge is -2.38. The Balaban J connectivity index is 2.16. The lowest BCUT2D eigenvalue weighted by molar-refractivity contribution is -0.0818. The van der Waals surface area contributed by atoms with Gasteiger partial charge in [0.2, 0.25) is 0 Å². The Bertz CT molecular complexity index is 216. The van der Waals surface area contributed by atoms with E-state index < -0.39 is 0 Å². The van der Waals surface area contributed by atoms with Crippen LogP contribution in [0.25, 0.3) is 0 Å². The maximum absolute atomic E-state index is 5.81. The van der Waals surface area contributed by atoms with E-state index in [4.69, 9.17) is 4.74 Å². The van der Waals surface area contributed by atoms with Gasteiger partial charge in [0.1, 0.15) is 0 Å². The van der Waals surface area contributed by atoms with Crippen molar-refractivity contribution >= 4 is 5.96 Å². The highest BCUT2D eigenvalue weighted by Crippen LogP contribution is 2.34. The van der Waals surface area contributed by atoms with Gasteiger partial charge in [-0.05, 0) is 40.0 Å². The minimum absolute atomic E-state index is 0.145. The van der Waals surface area contributed by atoms with Crippen molar-refractivity contribution in [1.29, 1.82) is 0 Å². The fourth-order valence-corrected chi connectivity index (χ4v) is 1.78. The number of nitrogens with one attached hydrogen (secondary N) is 2. The summed E-state index contributed by atoms with van der Waals surface area (Å²) in [6.45, 7) is 9.56. The van der Waals surface area contributed by atoms with Crippen LogP contribution in [0.2, 0.25) is 0 Å². The smallest absolute Gasteiger partial charge is 0.191 e. The third-order valence-electron chi connectivity index (χ3n) is 2.91. The van der Waals surface area contributed by atoms with Gasteiger partial charge in [-0.3, -0.25) is 4.99 Å². The third-order valence-corrected chi connectivity index (χ3v) is 2.91. The van der Waals surface area contributed by atoms with Crippen LogP contribution in [0.4, 0.5) is 0 Å². The summed E-state index contributed by atoms with van der Waals surface area (Å²) in [5, 5.41) is 6.38. The predicted octanol–water partition coefficient (Wildman–Crippen LogP) is 1.52. The van der Waals surface area contributed by atoms with Crippen molar-refractivity contribution < 1.29 is 4.74 Å². The molecule has 0 aromatic rings. The third kappa shape index (κ3) is 4.39. The highest BCUT2D eigenvalue weighted by atomic mass is 16.5. The molecule has 0 saturated heterocycles. The minimum atomic E-state index is 0.145. The molecule has 2 N–H and O–H groups in total. The molecule has 0 bridgehead atoms. The molecule has 1 aliphatic carbocycles. The van der Waals surface area contributed by atoms with E-state index >= 15 is 0 Å². The molecule has 0 amide bonds. The van der Waals surface area contributed by atoms with Gasteiger partial charge in [0.25, 0.3) is 0 Å². The van der Waals surface area contributed by atoms with Gasteiger partial charge >= 0.3 is 0 Å². The Morgan fingerprint density at radius 2 is 1.88 bits per heavy atom. The topological polar surface area (TPSA) is 45.7 Å². The number of hydrogen-bond donors (Lipinski definition) is 2. The van der Waals surface area contributed by atoms with Crippen LogP contribution in [-0.2, 0) is 4.74 Å². The summed E-state index contributed by atoms with van der Waals surface area (Å²) >= 11 is 0. The number of aliphatic imine (C=N–C) groups is 1. The molecule has 0 radical (unpaired) electrons. The molecule has 0 aromatic heterocycles. The van der Waals surface area contributed by atoms with Crippen molar-refractivity contribution in [3.63, 3.8) is 0 Å². The zero-order valence-electron chi connectivity index (χ0n) is 10.8. The summed E-state index contributed by atoms with van der Waals surface area (Å²) in [5.41, 5.74) is 0.145. The maximum atomic E-state index is 5.81. The summed E-state index contributed by atoms with van der Waals surface area (Å²) in [5.74, 6) is 0.882. The van der Waals surface area contributed by atoms with Crippen LogP contribution in [0, 0.1) is 0 Å². The van der Waals surface area contributed by atoms with Gasteiger partial charge in [-0.1, -0.05) is 0 Å². The van der Waals surface area contributed by atoms with Gasteiger partial charge in [0, 0.05) is 13.1 Å². The molecule has 1 aliphatic rings. The van der Waals surface area contributed by atoms with Crippen molar-refractivity contribution in [3.05, 3.63) is 0 Å². The first kappa shape index (κ1) is 13.3. The zero-order valence-corrected chi connectivity index (χ0v) is 10.8. The lowest BCUT2D eigenvalue weighted by atomic mass is 9.82. The molecule has 4 nitrogen and oxygen atoms in total. The Hall–Kier alpha value is -0.770. The first-order chi connectivity index (χ1) is 7.70. The summed E-state index contributed by atoms with van der Waals surface area (Å²) in [6.07, 6.45) is 3.70. The second kappa shape index (κ2) is 6.74. The van der Waals surface area contributed by atoms with Crippen molar-refractivity contribution in [1.82, 2.24) is 10.6 Å². The molecule has 4 heteroatoms. The second-order valence-corrected chi connectivity index (χ2v) is 4.44. The van der Waals surface area contributed by atoms with Crippen molar-refractivity contribution in [2.45, 2.75) is 45.6 Å². The molecule has 0 aliphatic heterocycles. The number of nitrogens with zero attached hydrogens (tertiary/aromatic N) is 1. The number of guanidine groups is 1. The van der Waals surface area contributed by atoms with Crippen LogP contribution in [0.1, 0.15) is 40.0 Å². The van der Waals surface area contributed by atoms with Crippen LogP contribution in [0.3, 0.4) is 0 Å². The number of hydrogen-bond acceptors (Lipinski definition) is 2. The van der Waals surface area contributed by atoms with E-state index in [0.717, 1.165) is 32.2 Å². The Labute approximate surface area is 98.9 Å². The van der Waals surface area contributed by atoms with Gasteiger partial charge in [-0.15, -0.1) is 0 Å². The van der Waals surface area contributed by atoms with Gasteiger partial charge in [-0.25, -0.2) is 0 Å². The van der Waals surface area contributed by atoms with E-state index in [2.05, 4.69) is 36.4 Å². The van der Waals surface area contributed by atoms with E-state index in [9.17, 15) is 0 Å². The van der Waals surface area contributed by atoms with E-state index in [1.54, 1.807) is 0 Å². The highest BCUT2D eigenvalue weighted by molar-refractivity contribution is 5.79. The Kier molecular flexibility index (Phi) is 5.60. The Morgan fingerprint density at radius 3 is 2.31 bits per heavy atom. The van der Waals surface area contributed by atoms with Gasteiger partial charge < -0.3 is 15.4 Å². The molecule has 1 fully saturated rings. The molecule has 1 saturated carbocycles. The summed E-state index contributed by atoms with van der Waals surface area (Å²) < 4.78 is 5.81. The van der Waals surface area contributed by atoms with Crippen LogP contribution < -0.4 is 10.6 Å². The fraction of sp³-hybridized carbons (Fsp3) is 0.917. The quantitative estimate of drug-likeness (QED) is 0.411. The first-order valence-corrected chi connectivity index (χ1v) is 6.36. The summed E-state index contributed by atoms with van der Waals surface area (Å²) in [6, 6.07) is 0. The predicted molar refractivity (Wildman–Crippen MR) is 67.9 cm³/mol. The van der Waals surface area contributed by atoms with Gasteiger partial charge in [0.05, 0.1) is 18.8 Å². The molecule has 0 aromatic carbocycles. The molecule has 0 heterocycles. The van der Waals surface area contributed by atoms with E-state index in [1.165, 1.54) is 19.3 Å². The van der Waals surface area contributed by atoms with E-state index in [1.807, 2.05) is 0 Å². The van der Waals surface area contributed by atoms with E-state index in [-0.39, 0.29) is 5.60 Å². The molecule has 94 valence electrons. The van der Waals surface area contributed by atoms with Crippen LogP contribution in [0.5, 0.6) is 0 Å². The SMILES string of the molecule is CCNC(=NCCOC1(C)CCC1)NCC. The number of ether oxygens (including phenoxy) is 1. The molecule has 1 rings (SSSR count). The average molecular weight is 227 g/mol. The highest BCUT2D eigenvalue weighted by Gasteiger charge is 2.32. The standard InChI is InChI=1S/C12H25N3O/c1-4-13-11(14-5-2)15-9-10-16-12(3)7-6-8-12/h4-10H2,1-3H3,(H2,13,14,15). The molecule has 16 heavy (non-hydrogen) atoms. The maximum Gasteiger partial charge on any atom is 0.191 e. The van der Waals surface area contributed by atoms with Crippen LogP contribution in [0.15, 0.2) is 4.99 Å². The summed E-state index contributed by atoms with van der Waals surface area (Å²) in [4.78, 5) is 4.43. The molecule has 0 spiro atoms. The first-order valence-electron chi connectivity index (χ1n) is 6.36. The fourth-order valence-electron chi connectivity index (χ4n) is 1.78. The summed E-state index contributed by atoms with van der Waals surface area (Å²) in [7, 11) is 0. The van der Waals surface area contributed by atoms with Gasteiger partial charge in [-0.2, -0.15) is 0 Å². The average Bonchev–Trinajstić information content (AvgIpc) is 2.22. The van der Waals surface area contributed by atoms with Crippen LogP contribution >= 0.6 is 0 Å². The Morgan fingerprint density at radius 1 is 1.25 bits per heavy atom. The van der Waals surface area contributed by atoms with Crippen molar-refractivity contribution in [3.8, 4) is 0 Å². The monoisotopic (exact) mass is 227 g/mol. The van der Waals surface area contributed by atoms with Crippen molar-refractivity contribution in [2.75, 3.05) is 26.2 Å². The van der Waals surface area contributed by atoms with Gasteiger partial charge in [0.15, 0.2) is 5.96 Å². The molecule has 0 unspecified atom stereocenters. The zero-order chi connectivity index (χ0) is 11.9. The minimum Gasteiger partial charge on any atom is -0.373 e. The van der Waals surface area contributed by atoms with Crippen LogP contribution in [-0.4, -0.2) is 37.8 Å². The molecular weight excluding hydrogens is 202 g/mol. The lowest BCUT2D eigenvalue weighted by Crippen LogP contribution is -2.39. The molecular formula is C12H25N3O. The van der Waals surface area contributed by atoms with E-state index in [0.29, 0.717) is 0 Å². The number of rotatable bonds is 6.